The molecule has 4 unspecified atom stereocenters. The molecule has 0 radical (unpaired) electrons. The lowest BCUT2D eigenvalue weighted by molar-refractivity contribution is -0.120. The van der Waals surface area contributed by atoms with Crippen molar-refractivity contribution >= 4 is 23.4 Å². The summed E-state index contributed by atoms with van der Waals surface area (Å²) in [6.45, 7) is 10.3. The Morgan fingerprint density at radius 3 is 2.85 bits per heavy atom. The fourth-order valence-corrected chi connectivity index (χ4v) is 5.36. The lowest BCUT2D eigenvalue weighted by atomic mass is 9.97. The van der Waals surface area contributed by atoms with E-state index in [1.165, 1.54) is 0 Å². The van der Waals surface area contributed by atoms with Crippen LogP contribution in [0, 0.1) is 11.8 Å². The number of dihydropyridines is 1. The second kappa shape index (κ2) is 10.1. The van der Waals surface area contributed by atoms with Gasteiger partial charge >= 0.3 is 0 Å². The Kier molecular flexibility index (Phi) is 6.92. The van der Waals surface area contributed by atoms with Crippen molar-refractivity contribution in [2.75, 3.05) is 51.3 Å². The van der Waals surface area contributed by atoms with E-state index in [1.54, 1.807) is 0 Å². The number of aliphatic hydroxyl groups excluding tert-OH is 1. The van der Waals surface area contributed by atoms with Gasteiger partial charge in [-0.05, 0) is 43.0 Å². The number of ether oxygens (including phenoxy) is 1. The lowest BCUT2D eigenvalue weighted by Crippen LogP contribution is -2.45. The lowest BCUT2D eigenvalue weighted by Gasteiger charge is -2.33. The van der Waals surface area contributed by atoms with Crippen LogP contribution in [0.15, 0.2) is 39.8 Å². The van der Waals surface area contributed by atoms with Crippen LogP contribution >= 0.6 is 0 Å². The third-order valence-corrected chi connectivity index (χ3v) is 7.25. The average molecular weight is 466 g/mol. The number of hydrogen-bond donors (Lipinski definition) is 2. The first-order valence-electron chi connectivity index (χ1n) is 12.4. The number of likely N-dealkylation sites (tertiary alicyclic amines) is 1. The van der Waals surface area contributed by atoms with Crippen LogP contribution in [0.4, 0.5) is 5.69 Å². The molecule has 0 bridgehead atoms. The minimum Gasteiger partial charge on any atom is -0.379 e. The highest BCUT2D eigenvalue weighted by atomic mass is 16.5. The number of aliphatic imine (C=N–C) groups is 1. The molecule has 0 aromatic heterocycles. The predicted molar refractivity (Wildman–Crippen MR) is 132 cm³/mol. The summed E-state index contributed by atoms with van der Waals surface area (Å²) in [5.41, 5.74) is 2.92. The molecule has 2 N–H and O–H groups in total. The number of morpholine rings is 1. The zero-order valence-electron chi connectivity index (χ0n) is 20.1. The highest BCUT2D eigenvalue weighted by Gasteiger charge is 2.36. The highest BCUT2D eigenvalue weighted by Crippen LogP contribution is 2.27. The third-order valence-electron chi connectivity index (χ3n) is 7.25. The van der Waals surface area contributed by atoms with Crippen molar-refractivity contribution in [3.05, 3.63) is 40.4 Å². The molecule has 8 heteroatoms. The van der Waals surface area contributed by atoms with Gasteiger partial charge in [0.2, 0.25) is 5.91 Å². The molecule has 0 aliphatic carbocycles. The van der Waals surface area contributed by atoms with E-state index >= 15 is 0 Å². The van der Waals surface area contributed by atoms with E-state index in [4.69, 9.17) is 9.73 Å². The molecule has 2 fully saturated rings. The molecule has 0 saturated carbocycles. The summed E-state index contributed by atoms with van der Waals surface area (Å²) in [5.74, 6) is 0.237. The molecule has 1 aromatic carbocycles. The Labute approximate surface area is 200 Å². The average Bonchev–Trinajstić information content (AvgIpc) is 3.26. The van der Waals surface area contributed by atoms with E-state index in [-0.39, 0.29) is 18.0 Å². The number of aliphatic hydroxyl groups is 1. The third kappa shape index (κ3) is 5.15. The fourth-order valence-electron chi connectivity index (χ4n) is 5.36. The van der Waals surface area contributed by atoms with Gasteiger partial charge in [-0.2, -0.15) is 0 Å². The Bertz CT molecular complexity index is 1110. The SMILES string of the molecule is CC1=c2cc(NC(=O)C3C=C(CN4CCOCC4)C=NC3N3CCC(C)C3)ccc2=NC(O)C1. The predicted octanol–water partition coefficient (Wildman–Crippen LogP) is 0.765. The van der Waals surface area contributed by atoms with E-state index in [9.17, 15) is 9.90 Å². The fraction of sp³-hybridized carbons (Fsp3) is 0.577. The van der Waals surface area contributed by atoms with Crippen molar-refractivity contribution in [1.29, 1.82) is 0 Å². The van der Waals surface area contributed by atoms with Crippen molar-refractivity contribution in [3.63, 3.8) is 0 Å². The molecule has 34 heavy (non-hydrogen) atoms. The van der Waals surface area contributed by atoms with Crippen LogP contribution in [0.3, 0.4) is 0 Å². The molecule has 0 spiro atoms. The van der Waals surface area contributed by atoms with Crippen LogP contribution in [0.25, 0.3) is 5.57 Å². The Balaban J connectivity index is 1.37. The van der Waals surface area contributed by atoms with Crippen LogP contribution in [-0.4, -0.2) is 85.4 Å². The minimum atomic E-state index is -0.688. The van der Waals surface area contributed by atoms with Crippen molar-refractivity contribution in [3.8, 4) is 0 Å². The van der Waals surface area contributed by atoms with Crippen LogP contribution in [0.1, 0.15) is 26.7 Å². The van der Waals surface area contributed by atoms with Gasteiger partial charge in [-0.25, -0.2) is 0 Å². The summed E-state index contributed by atoms with van der Waals surface area (Å²) in [4.78, 5) is 27.5. The topological polar surface area (TPSA) is 89.8 Å². The van der Waals surface area contributed by atoms with E-state index < -0.39 is 6.23 Å². The van der Waals surface area contributed by atoms with Crippen LogP contribution in [-0.2, 0) is 9.53 Å². The molecular formula is C26H35N5O3. The highest BCUT2D eigenvalue weighted by molar-refractivity contribution is 5.96. The number of benzene rings is 1. The molecule has 2 saturated heterocycles. The van der Waals surface area contributed by atoms with Gasteiger partial charge in [0, 0.05) is 56.3 Å². The molecule has 1 aromatic rings. The van der Waals surface area contributed by atoms with Gasteiger partial charge < -0.3 is 15.2 Å². The van der Waals surface area contributed by atoms with Crippen LogP contribution < -0.4 is 15.9 Å². The number of carbonyl (C=O) groups excluding carboxylic acids is 1. The first-order chi connectivity index (χ1) is 16.5. The van der Waals surface area contributed by atoms with Gasteiger partial charge in [-0.3, -0.25) is 24.6 Å². The molecule has 1 amide bonds. The molecule has 4 heterocycles. The monoisotopic (exact) mass is 465 g/mol. The van der Waals surface area contributed by atoms with E-state index in [1.807, 2.05) is 31.3 Å². The van der Waals surface area contributed by atoms with Gasteiger partial charge in [0.1, 0.15) is 12.4 Å². The zero-order chi connectivity index (χ0) is 23.7. The Hall–Kier alpha value is -2.39. The molecule has 4 aliphatic heterocycles. The maximum atomic E-state index is 13.6. The standard InChI is InChI=1S/C26H35N5O3/c1-17-5-6-31(15-17)25-22(12-19(14-27-25)16-30-7-9-34-10-8-30)26(33)28-20-3-4-23-21(13-20)18(2)11-24(32)29-23/h3-4,12-14,17,22,24-25,32H,5-11,15-16H2,1-2H3,(H,28,33). The molecular weight excluding hydrogens is 430 g/mol. The number of nitrogens with zero attached hydrogens (tertiary/aromatic N) is 4. The van der Waals surface area contributed by atoms with Gasteiger partial charge in [0.05, 0.1) is 24.5 Å². The smallest absolute Gasteiger partial charge is 0.234 e. The summed E-state index contributed by atoms with van der Waals surface area (Å²) in [5, 5.41) is 14.8. The second-order valence-electron chi connectivity index (χ2n) is 10.1. The molecule has 182 valence electrons. The normalized spacial score (nSPS) is 30.0. The number of fused-ring (bicyclic) bond motifs is 1. The summed E-state index contributed by atoms with van der Waals surface area (Å²) in [6, 6.07) is 5.70. The van der Waals surface area contributed by atoms with Crippen molar-refractivity contribution in [2.24, 2.45) is 21.8 Å². The largest absolute Gasteiger partial charge is 0.379 e. The Morgan fingerprint density at radius 2 is 2.09 bits per heavy atom. The van der Waals surface area contributed by atoms with Crippen molar-refractivity contribution in [2.45, 2.75) is 39.1 Å². The molecule has 4 atom stereocenters. The first-order valence-corrected chi connectivity index (χ1v) is 12.4. The van der Waals surface area contributed by atoms with Gasteiger partial charge in [0.15, 0.2) is 0 Å². The number of anilines is 1. The summed E-state index contributed by atoms with van der Waals surface area (Å²) in [7, 11) is 0. The van der Waals surface area contributed by atoms with Gasteiger partial charge in [-0.15, -0.1) is 0 Å². The summed E-state index contributed by atoms with van der Waals surface area (Å²) in [6.07, 6.45) is 4.88. The maximum Gasteiger partial charge on any atom is 0.234 e. The summed E-state index contributed by atoms with van der Waals surface area (Å²) < 4.78 is 5.47. The number of rotatable bonds is 5. The minimum absolute atomic E-state index is 0.0359. The summed E-state index contributed by atoms with van der Waals surface area (Å²) >= 11 is 0. The van der Waals surface area contributed by atoms with Gasteiger partial charge in [-0.1, -0.05) is 18.6 Å². The van der Waals surface area contributed by atoms with Crippen molar-refractivity contribution < 1.29 is 14.6 Å². The van der Waals surface area contributed by atoms with Gasteiger partial charge in [0.25, 0.3) is 0 Å². The maximum absolute atomic E-state index is 13.6. The van der Waals surface area contributed by atoms with Crippen LogP contribution in [0.5, 0.6) is 0 Å². The second-order valence-corrected chi connectivity index (χ2v) is 10.1. The van der Waals surface area contributed by atoms with Crippen molar-refractivity contribution in [1.82, 2.24) is 9.80 Å². The first kappa shape index (κ1) is 23.4. The number of nitrogens with one attached hydrogen (secondary N) is 1. The van der Waals surface area contributed by atoms with Crippen LogP contribution in [0.2, 0.25) is 0 Å². The molecule has 8 nitrogen and oxygen atoms in total. The molecule has 4 aliphatic rings. The number of carbonyl (C=O) groups is 1. The number of hydrogen-bond acceptors (Lipinski definition) is 7. The molecule has 5 rings (SSSR count). The number of amides is 1. The zero-order valence-corrected chi connectivity index (χ0v) is 20.1. The Morgan fingerprint density at radius 1 is 1.26 bits per heavy atom. The quantitative estimate of drug-likeness (QED) is 0.670. The van der Waals surface area contributed by atoms with E-state index in [2.05, 4.69) is 33.1 Å². The van der Waals surface area contributed by atoms with E-state index in [0.717, 1.165) is 79.8 Å². The van der Waals surface area contributed by atoms with E-state index in [0.29, 0.717) is 12.3 Å².